The van der Waals surface area contributed by atoms with Crippen molar-refractivity contribution in [2.75, 3.05) is 6.54 Å². The van der Waals surface area contributed by atoms with E-state index in [0.29, 0.717) is 19.4 Å². The van der Waals surface area contributed by atoms with Crippen molar-refractivity contribution in [1.29, 1.82) is 0 Å². The normalized spacial score (nSPS) is 11.8. The Morgan fingerprint density at radius 3 is 1.88 bits per heavy atom. The van der Waals surface area contributed by atoms with Gasteiger partial charge < -0.3 is 5.32 Å². The molecule has 180 valence electrons. The maximum Gasteiger partial charge on any atom is 0.240 e. The highest BCUT2D eigenvalue weighted by Gasteiger charge is 2.13. The quantitative estimate of drug-likeness (QED) is 0.370. The van der Waals surface area contributed by atoms with E-state index in [1.807, 2.05) is 30.3 Å². The van der Waals surface area contributed by atoms with Crippen molar-refractivity contribution in [1.82, 2.24) is 10.0 Å². The highest BCUT2D eigenvalue weighted by atomic mass is 32.2. The summed E-state index contributed by atoms with van der Waals surface area (Å²) in [6.07, 6.45) is 1.29. The number of primary sulfonamides is 1. The number of rotatable bonds is 11. The number of carbonyl (C=O) groups excluding carboxylic acids is 1. The zero-order chi connectivity index (χ0) is 24.6. The van der Waals surface area contributed by atoms with Crippen molar-refractivity contribution in [2.45, 2.75) is 35.6 Å². The van der Waals surface area contributed by atoms with Gasteiger partial charge in [0, 0.05) is 19.5 Å². The van der Waals surface area contributed by atoms with E-state index in [2.05, 4.69) is 10.0 Å². The van der Waals surface area contributed by atoms with Gasteiger partial charge in [0.15, 0.2) is 0 Å². The molecule has 1 amide bonds. The summed E-state index contributed by atoms with van der Waals surface area (Å²) in [5, 5.41) is 7.84. The Kier molecular flexibility index (Phi) is 8.56. The van der Waals surface area contributed by atoms with Crippen LogP contribution in [0.2, 0.25) is 0 Å². The monoisotopic (exact) mass is 501 g/mol. The molecule has 0 aliphatic rings. The fourth-order valence-corrected chi connectivity index (χ4v) is 4.78. The maximum atomic E-state index is 12.5. The van der Waals surface area contributed by atoms with Crippen molar-refractivity contribution in [3.05, 3.63) is 95.6 Å². The first-order valence-electron chi connectivity index (χ1n) is 10.6. The molecule has 0 saturated heterocycles. The SMILES string of the molecule is NS(=O)(=O)c1ccc(CNC(=O)CCc2ccc(S(=O)(=O)NCCc3ccccc3)cc2)cc1. The molecule has 34 heavy (non-hydrogen) atoms. The molecule has 0 radical (unpaired) electrons. The molecular weight excluding hydrogens is 474 g/mol. The van der Waals surface area contributed by atoms with Gasteiger partial charge in [-0.25, -0.2) is 26.7 Å². The first-order valence-corrected chi connectivity index (χ1v) is 13.7. The van der Waals surface area contributed by atoms with Gasteiger partial charge in [-0.15, -0.1) is 0 Å². The van der Waals surface area contributed by atoms with E-state index in [-0.39, 0.29) is 28.7 Å². The van der Waals surface area contributed by atoms with Gasteiger partial charge >= 0.3 is 0 Å². The summed E-state index contributed by atoms with van der Waals surface area (Å²) >= 11 is 0. The fourth-order valence-electron chi connectivity index (χ4n) is 3.24. The second-order valence-corrected chi connectivity index (χ2v) is 11.1. The molecule has 0 heterocycles. The van der Waals surface area contributed by atoms with Crippen LogP contribution < -0.4 is 15.2 Å². The average molecular weight is 502 g/mol. The van der Waals surface area contributed by atoms with E-state index < -0.39 is 20.0 Å². The standard InChI is InChI=1S/C24H27N3O5S2/c25-33(29,30)22-11-8-21(9-12-22)18-26-24(28)15-10-20-6-13-23(14-7-20)34(31,32)27-17-16-19-4-2-1-3-5-19/h1-9,11-14,27H,10,15-18H2,(H,26,28)(H2,25,29,30). The molecule has 10 heteroatoms. The third kappa shape index (κ3) is 7.77. The van der Waals surface area contributed by atoms with Crippen LogP contribution in [-0.2, 0) is 44.2 Å². The molecule has 4 N–H and O–H groups in total. The molecule has 0 bridgehead atoms. The van der Waals surface area contributed by atoms with Crippen LogP contribution >= 0.6 is 0 Å². The summed E-state index contributed by atoms with van der Waals surface area (Å²) in [5.41, 5.74) is 2.64. The van der Waals surface area contributed by atoms with Crippen LogP contribution in [0.15, 0.2) is 88.7 Å². The van der Waals surface area contributed by atoms with E-state index in [1.54, 1.807) is 24.3 Å². The Hall–Kier alpha value is -3.05. The predicted molar refractivity (Wildman–Crippen MR) is 130 cm³/mol. The van der Waals surface area contributed by atoms with Crippen molar-refractivity contribution >= 4 is 26.0 Å². The second kappa shape index (κ2) is 11.4. The Balaban J connectivity index is 1.44. The Labute approximate surface area is 200 Å². The van der Waals surface area contributed by atoms with E-state index in [0.717, 1.165) is 16.7 Å². The minimum atomic E-state index is -3.75. The largest absolute Gasteiger partial charge is 0.352 e. The van der Waals surface area contributed by atoms with E-state index in [1.165, 1.54) is 24.3 Å². The molecule has 0 saturated carbocycles. The fraction of sp³-hybridized carbons (Fsp3) is 0.208. The lowest BCUT2D eigenvalue weighted by Gasteiger charge is -2.09. The highest BCUT2D eigenvalue weighted by molar-refractivity contribution is 7.89. The van der Waals surface area contributed by atoms with Crippen LogP contribution in [0.1, 0.15) is 23.1 Å². The lowest BCUT2D eigenvalue weighted by atomic mass is 10.1. The van der Waals surface area contributed by atoms with Crippen LogP contribution in [-0.4, -0.2) is 29.3 Å². The zero-order valence-corrected chi connectivity index (χ0v) is 20.1. The molecule has 3 aromatic rings. The average Bonchev–Trinajstić information content (AvgIpc) is 2.82. The molecule has 3 aromatic carbocycles. The minimum absolute atomic E-state index is 0.0134. The van der Waals surface area contributed by atoms with Crippen LogP contribution in [0.5, 0.6) is 0 Å². The summed E-state index contributed by atoms with van der Waals surface area (Å²) in [4.78, 5) is 12.3. The third-order valence-corrected chi connectivity index (χ3v) is 7.57. The Morgan fingerprint density at radius 1 is 0.706 bits per heavy atom. The number of nitrogens with two attached hydrogens (primary N) is 1. The topological polar surface area (TPSA) is 135 Å². The lowest BCUT2D eigenvalue weighted by molar-refractivity contribution is -0.121. The number of hydrogen-bond acceptors (Lipinski definition) is 5. The summed E-state index contributed by atoms with van der Waals surface area (Å²) in [7, 11) is -7.35. The van der Waals surface area contributed by atoms with E-state index in [9.17, 15) is 21.6 Å². The molecule has 0 fully saturated rings. The number of amides is 1. The summed E-state index contributed by atoms with van der Waals surface area (Å²) in [6, 6.07) is 22.1. The number of aryl methyl sites for hydroxylation is 1. The minimum Gasteiger partial charge on any atom is -0.352 e. The van der Waals surface area contributed by atoms with Crippen molar-refractivity contribution < 1.29 is 21.6 Å². The van der Waals surface area contributed by atoms with E-state index in [4.69, 9.17) is 5.14 Å². The lowest BCUT2D eigenvalue weighted by Crippen LogP contribution is -2.26. The third-order valence-electron chi connectivity index (χ3n) is 5.16. The Bertz CT molecular complexity index is 1310. The number of hydrogen-bond donors (Lipinski definition) is 3. The smallest absolute Gasteiger partial charge is 0.240 e. The first-order chi connectivity index (χ1) is 16.1. The molecular formula is C24H27N3O5S2. The van der Waals surface area contributed by atoms with Gasteiger partial charge in [0.05, 0.1) is 9.79 Å². The molecule has 8 nitrogen and oxygen atoms in total. The molecule has 0 aliphatic heterocycles. The molecule has 0 aliphatic carbocycles. The van der Waals surface area contributed by atoms with Crippen LogP contribution in [0.4, 0.5) is 0 Å². The van der Waals surface area contributed by atoms with Gasteiger partial charge in [0.1, 0.15) is 0 Å². The van der Waals surface area contributed by atoms with Gasteiger partial charge in [0.2, 0.25) is 26.0 Å². The highest BCUT2D eigenvalue weighted by Crippen LogP contribution is 2.13. The first kappa shape index (κ1) is 25.6. The second-order valence-electron chi connectivity index (χ2n) is 7.74. The summed E-state index contributed by atoms with van der Waals surface area (Å²) < 4.78 is 50.1. The van der Waals surface area contributed by atoms with Crippen molar-refractivity contribution in [3.63, 3.8) is 0 Å². The van der Waals surface area contributed by atoms with Crippen molar-refractivity contribution in [3.8, 4) is 0 Å². The molecule has 0 atom stereocenters. The predicted octanol–water partition coefficient (Wildman–Crippen LogP) is 2.10. The van der Waals surface area contributed by atoms with Gasteiger partial charge in [0.25, 0.3) is 0 Å². The van der Waals surface area contributed by atoms with Crippen molar-refractivity contribution in [2.24, 2.45) is 5.14 Å². The van der Waals surface area contributed by atoms with Gasteiger partial charge in [-0.2, -0.15) is 0 Å². The molecule has 0 spiro atoms. The van der Waals surface area contributed by atoms with Crippen LogP contribution in [0.3, 0.4) is 0 Å². The number of benzene rings is 3. The number of nitrogens with one attached hydrogen (secondary N) is 2. The van der Waals surface area contributed by atoms with Gasteiger partial charge in [-0.1, -0.05) is 54.6 Å². The van der Waals surface area contributed by atoms with E-state index >= 15 is 0 Å². The summed E-state index contributed by atoms with van der Waals surface area (Å²) in [5.74, 6) is -0.171. The molecule has 3 rings (SSSR count). The van der Waals surface area contributed by atoms with Crippen LogP contribution in [0.25, 0.3) is 0 Å². The number of sulfonamides is 2. The molecule has 0 unspecified atom stereocenters. The zero-order valence-electron chi connectivity index (χ0n) is 18.5. The number of carbonyl (C=O) groups is 1. The summed E-state index contributed by atoms with van der Waals surface area (Å²) in [6.45, 7) is 0.564. The maximum absolute atomic E-state index is 12.5. The van der Waals surface area contributed by atoms with Crippen LogP contribution in [0, 0.1) is 0 Å². The Morgan fingerprint density at radius 2 is 1.26 bits per heavy atom. The molecule has 0 aromatic heterocycles. The van der Waals surface area contributed by atoms with Gasteiger partial charge in [-0.3, -0.25) is 4.79 Å². The van der Waals surface area contributed by atoms with Gasteiger partial charge in [-0.05, 0) is 53.8 Å².